The predicted octanol–water partition coefficient (Wildman–Crippen LogP) is 4.07. The van der Waals surface area contributed by atoms with Gasteiger partial charge in [-0.1, -0.05) is 23.7 Å². The second-order valence-electron chi connectivity index (χ2n) is 6.12. The molecular weight excluding hydrogens is 415 g/mol. The van der Waals surface area contributed by atoms with Gasteiger partial charge in [0.1, 0.15) is 6.61 Å². The van der Waals surface area contributed by atoms with Crippen LogP contribution in [0.15, 0.2) is 42.5 Å². The van der Waals surface area contributed by atoms with Gasteiger partial charge in [0.2, 0.25) is 6.10 Å². The summed E-state index contributed by atoms with van der Waals surface area (Å²) in [5.74, 6) is -0.871. The Kier molecular flexibility index (Phi) is 5.88. The summed E-state index contributed by atoms with van der Waals surface area (Å²) in [5, 5.41) is 2.13. The highest BCUT2D eigenvalue weighted by molar-refractivity contribution is 6.33. The number of benzene rings is 2. The summed E-state index contributed by atoms with van der Waals surface area (Å²) in [4.78, 5) is 24.5. The second-order valence-corrected chi connectivity index (χ2v) is 6.53. The van der Waals surface area contributed by atoms with Crippen LogP contribution in [-0.2, 0) is 20.5 Å². The standard InChI is InChI=1S/C19H15ClF3NO5/c1-10(17(25)24-13-8-11(19(21,22)23)6-7-12(13)20)28-18(26)16-9-27-14-4-2-3-5-15(14)29-16/h2-8,10,16H,9H2,1H3,(H,24,25)/t10-,16-/m1/s1. The molecule has 2 aromatic rings. The van der Waals surface area contributed by atoms with Gasteiger partial charge in [0.25, 0.3) is 5.91 Å². The van der Waals surface area contributed by atoms with E-state index < -0.39 is 35.8 Å². The summed E-state index contributed by atoms with van der Waals surface area (Å²) in [6.07, 6.45) is -7.00. The third-order valence-corrected chi connectivity index (χ3v) is 4.31. The molecule has 10 heteroatoms. The van der Waals surface area contributed by atoms with Crippen LogP contribution in [0.1, 0.15) is 12.5 Å². The Hall–Kier alpha value is -2.94. The van der Waals surface area contributed by atoms with E-state index >= 15 is 0 Å². The van der Waals surface area contributed by atoms with Gasteiger partial charge in [0, 0.05) is 0 Å². The van der Waals surface area contributed by atoms with Gasteiger partial charge in [-0.3, -0.25) is 4.79 Å². The first kappa shape index (κ1) is 20.8. The topological polar surface area (TPSA) is 73.9 Å². The molecule has 1 heterocycles. The van der Waals surface area contributed by atoms with Gasteiger partial charge in [0.05, 0.1) is 16.3 Å². The Morgan fingerprint density at radius 1 is 1.21 bits per heavy atom. The Bertz CT molecular complexity index is 934. The van der Waals surface area contributed by atoms with E-state index in [-0.39, 0.29) is 17.3 Å². The Morgan fingerprint density at radius 2 is 1.90 bits per heavy atom. The van der Waals surface area contributed by atoms with E-state index in [1.54, 1.807) is 24.3 Å². The quantitative estimate of drug-likeness (QED) is 0.742. The van der Waals surface area contributed by atoms with Gasteiger partial charge in [-0.2, -0.15) is 13.2 Å². The van der Waals surface area contributed by atoms with Gasteiger partial charge in [-0.25, -0.2) is 4.79 Å². The molecule has 0 saturated carbocycles. The number of alkyl halides is 3. The number of carbonyl (C=O) groups excluding carboxylic acids is 2. The number of anilines is 1. The van der Waals surface area contributed by atoms with E-state index in [9.17, 15) is 22.8 Å². The van der Waals surface area contributed by atoms with E-state index in [0.717, 1.165) is 12.1 Å². The first-order valence-corrected chi connectivity index (χ1v) is 8.79. The van der Waals surface area contributed by atoms with Crippen molar-refractivity contribution in [1.82, 2.24) is 0 Å². The van der Waals surface area contributed by atoms with Gasteiger partial charge in [-0.05, 0) is 37.3 Å². The highest BCUT2D eigenvalue weighted by Gasteiger charge is 2.33. The minimum Gasteiger partial charge on any atom is -0.485 e. The molecule has 0 aromatic heterocycles. The maximum Gasteiger partial charge on any atom is 0.416 e. The molecule has 0 fully saturated rings. The number of ether oxygens (including phenoxy) is 3. The van der Waals surface area contributed by atoms with Crippen molar-refractivity contribution in [1.29, 1.82) is 0 Å². The maximum atomic E-state index is 12.8. The molecule has 1 N–H and O–H groups in total. The largest absolute Gasteiger partial charge is 0.485 e. The maximum absolute atomic E-state index is 12.8. The number of halogens is 4. The fourth-order valence-corrected chi connectivity index (χ4v) is 2.64. The zero-order valence-corrected chi connectivity index (χ0v) is 15.7. The molecule has 2 atom stereocenters. The molecule has 1 aliphatic heterocycles. The normalized spacial score (nSPS) is 16.7. The fourth-order valence-electron chi connectivity index (χ4n) is 2.47. The van der Waals surface area contributed by atoms with E-state index in [2.05, 4.69) is 5.32 Å². The Labute approximate surface area is 168 Å². The van der Waals surface area contributed by atoms with Crippen LogP contribution in [0.3, 0.4) is 0 Å². The number of carbonyl (C=O) groups is 2. The molecule has 0 saturated heterocycles. The fraction of sp³-hybridized carbons (Fsp3) is 0.263. The van der Waals surface area contributed by atoms with Crippen molar-refractivity contribution in [2.24, 2.45) is 0 Å². The summed E-state index contributed by atoms with van der Waals surface area (Å²) in [7, 11) is 0. The van der Waals surface area contributed by atoms with Crippen LogP contribution in [0, 0.1) is 0 Å². The van der Waals surface area contributed by atoms with Gasteiger partial charge in [-0.15, -0.1) is 0 Å². The summed E-state index contributed by atoms with van der Waals surface area (Å²) in [5.41, 5.74) is -1.23. The van der Waals surface area contributed by atoms with Crippen LogP contribution in [0.2, 0.25) is 5.02 Å². The van der Waals surface area contributed by atoms with Crippen LogP contribution < -0.4 is 14.8 Å². The molecule has 6 nitrogen and oxygen atoms in total. The van der Waals surface area contributed by atoms with Crippen molar-refractivity contribution in [3.05, 3.63) is 53.1 Å². The number of esters is 1. The monoisotopic (exact) mass is 429 g/mol. The van der Waals surface area contributed by atoms with Crippen molar-refractivity contribution in [2.75, 3.05) is 11.9 Å². The van der Waals surface area contributed by atoms with E-state index in [1.807, 2.05) is 0 Å². The average Bonchev–Trinajstić information content (AvgIpc) is 2.68. The van der Waals surface area contributed by atoms with Crippen LogP contribution >= 0.6 is 11.6 Å². The number of fused-ring (bicyclic) bond motifs is 1. The number of rotatable bonds is 4. The van der Waals surface area contributed by atoms with Crippen molar-refractivity contribution in [3.8, 4) is 11.5 Å². The lowest BCUT2D eigenvalue weighted by Crippen LogP contribution is -2.41. The predicted molar refractivity (Wildman–Crippen MR) is 97.0 cm³/mol. The van der Waals surface area contributed by atoms with E-state index in [0.29, 0.717) is 17.6 Å². The lowest BCUT2D eigenvalue weighted by Gasteiger charge is -2.26. The van der Waals surface area contributed by atoms with Gasteiger partial charge < -0.3 is 19.5 Å². The smallest absolute Gasteiger partial charge is 0.416 e. The van der Waals surface area contributed by atoms with Crippen molar-refractivity contribution >= 4 is 29.2 Å². The lowest BCUT2D eigenvalue weighted by molar-refractivity contribution is -0.162. The Morgan fingerprint density at radius 3 is 2.59 bits per heavy atom. The van der Waals surface area contributed by atoms with Gasteiger partial charge >= 0.3 is 12.1 Å². The molecular formula is C19H15ClF3NO5. The SMILES string of the molecule is C[C@@H](OC(=O)[C@H]1COc2ccccc2O1)C(=O)Nc1cc(C(F)(F)F)ccc1Cl. The molecule has 1 aliphatic rings. The van der Waals surface area contributed by atoms with Crippen LogP contribution in [0.5, 0.6) is 11.5 Å². The van der Waals surface area contributed by atoms with Gasteiger partial charge in [0.15, 0.2) is 17.6 Å². The van der Waals surface area contributed by atoms with Crippen molar-refractivity contribution < 1.29 is 37.0 Å². The van der Waals surface area contributed by atoms with Crippen LogP contribution in [0.25, 0.3) is 0 Å². The van der Waals surface area contributed by atoms with Crippen LogP contribution in [0.4, 0.5) is 18.9 Å². The third-order valence-electron chi connectivity index (χ3n) is 3.99. The van der Waals surface area contributed by atoms with Crippen molar-refractivity contribution in [3.63, 3.8) is 0 Å². The number of para-hydroxylation sites is 2. The third kappa shape index (κ3) is 4.92. The molecule has 0 unspecified atom stereocenters. The number of hydrogen-bond acceptors (Lipinski definition) is 5. The molecule has 0 bridgehead atoms. The van der Waals surface area contributed by atoms with Crippen molar-refractivity contribution in [2.45, 2.75) is 25.3 Å². The minimum absolute atomic E-state index is 0.0921. The summed E-state index contributed by atoms with van der Waals surface area (Å²) < 4.78 is 54.4. The first-order valence-electron chi connectivity index (χ1n) is 8.41. The molecule has 0 aliphatic carbocycles. The van der Waals surface area contributed by atoms with E-state index in [4.69, 9.17) is 25.8 Å². The molecule has 1 amide bonds. The molecule has 154 valence electrons. The number of amides is 1. The molecule has 2 aromatic carbocycles. The average molecular weight is 430 g/mol. The zero-order valence-electron chi connectivity index (χ0n) is 15.0. The Balaban J connectivity index is 1.62. The summed E-state index contributed by atoms with van der Waals surface area (Å²) in [6, 6.07) is 9.23. The molecule has 29 heavy (non-hydrogen) atoms. The number of hydrogen-bond donors (Lipinski definition) is 1. The van der Waals surface area contributed by atoms with Crippen LogP contribution in [-0.4, -0.2) is 30.7 Å². The highest BCUT2D eigenvalue weighted by Crippen LogP contribution is 2.34. The highest BCUT2D eigenvalue weighted by atomic mass is 35.5. The second kappa shape index (κ2) is 8.20. The van der Waals surface area contributed by atoms with E-state index in [1.165, 1.54) is 6.92 Å². The summed E-state index contributed by atoms with van der Waals surface area (Å²) >= 11 is 5.84. The number of nitrogens with one attached hydrogen (secondary N) is 1. The molecule has 0 radical (unpaired) electrons. The zero-order chi connectivity index (χ0) is 21.2. The summed E-state index contributed by atoms with van der Waals surface area (Å²) in [6.45, 7) is 1.16. The molecule has 3 rings (SSSR count). The minimum atomic E-state index is -4.60. The lowest BCUT2D eigenvalue weighted by atomic mass is 10.2. The first-order chi connectivity index (χ1) is 13.6. The molecule has 0 spiro atoms.